The van der Waals surface area contributed by atoms with E-state index in [0.717, 1.165) is 30.2 Å². The molecule has 6 heteroatoms. The van der Waals surface area contributed by atoms with E-state index in [4.69, 9.17) is 14.2 Å². The molecule has 0 aliphatic carbocycles. The van der Waals surface area contributed by atoms with Crippen LogP contribution in [0, 0.1) is 0 Å². The normalized spacial score (nSPS) is 14.1. The standard InChI is InChI=1S/C21H26N2O4/c1-15(2)27-17-6-4-16(5-7-17)21(24)22-19-14-18(25-3)8-9-20(19)23-10-12-26-13-11-23/h4-9,14-15H,10-13H2,1-3H3,(H,22,24). The van der Waals surface area contributed by atoms with E-state index in [-0.39, 0.29) is 12.0 Å². The summed E-state index contributed by atoms with van der Waals surface area (Å²) in [4.78, 5) is 15.0. The van der Waals surface area contributed by atoms with Crippen LogP contribution in [0.1, 0.15) is 24.2 Å². The summed E-state index contributed by atoms with van der Waals surface area (Å²) in [6, 6.07) is 12.9. The predicted molar refractivity (Wildman–Crippen MR) is 106 cm³/mol. The van der Waals surface area contributed by atoms with E-state index < -0.39 is 0 Å². The fourth-order valence-electron chi connectivity index (χ4n) is 2.97. The van der Waals surface area contributed by atoms with Gasteiger partial charge in [-0.15, -0.1) is 0 Å². The highest BCUT2D eigenvalue weighted by Crippen LogP contribution is 2.31. The number of methoxy groups -OCH3 is 1. The Morgan fingerprint density at radius 2 is 1.74 bits per heavy atom. The summed E-state index contributed by atoms with van der Waals surface area (Å²) in [5.41, 5.74) is 2.26. The first-order valence-electron chi connectivity index (χ1n) is 9.15. The maximum absolute atomic E-state index is 12.7. The summed E-state index contributed by atoms with van der Waals surface area (Å²) in [7, 11) is 1.61. The van der Waals surface area contributed by atoms with Gasteiger partial charge in [0.05, 0.1) is 37.8 Å². The Kier molecular flexibility index (Phi) is 6.19. The van der Waals surface area contributed by atoms with Gasteiger partial charge in [0, 0.05) is 24.7 Å². The Morgan fingerprint density at radius 3 is 2.37 bits per heavy atom. The van der Waals surface area contributed by atoms with Crippen molar-refractivity contribution in [2.75, 3.05) is 43.6 Å². The molecular formula is C21H26N2O4. The highest BCUT2D eigenvalue weighted by Gasteiger charge is 2.17. The van der Waals surface area contributed by atoms with Crippen molar-refractivity contribution in [3.8, 4) is 11.5 Å². The molecule has 6 nitrogen and oxygen atoms in total. The molecule has 1 fully saturated rings. The summed E-state index contributed by atoms with van der Waals surface area (Å²) in [6.45, 7) is 6.87. The van der Waals surface area contributed by atoms with Gasteiger partial charge < -0.3 is 24.4 Å². The number of carbonyl (C=O) groups is 1. The van der Waals surface area contributed by atoms with Crippen LogP contribution >= 0.6 is 0 Å². The largest absolute Gasteiger partial charge is 0.497 e. The van der Waals surface area contributed by atoms with Gasteiger partial charge in [-0.3, -0.25) is 4.79 Å². The first-order chi connectivity index (χ1) is 13.1. The van der Waals surface area contributed by atoms with Gasteiger partial charge in [-0.1, -0.05) is 0 Å². The molecule has 1 aliphatic rings. The average molecular weight is 370 g/mol. The molecule has 1 saturated heterocycles. The number of anilines is 2. The first kappa shape index (κ1) is 19.0. The third-order valence-corrected chi connectivity index (χ3v) is 4.29. The number of nitrogens with one attached hydrogen (secondary N) is 1. The lowest BCUT2D eigenvalue weighted by molar-refractivity contribution is 0.102. The van der Waals surface area contributed by atoms with Crippen molar-refractivity contribution in [3.63, 3.8) is 0 Å². The maximum atomic E-state index is 12.7. The van der Waals surface area contributed by atoms with Crippen molar-refractivity contribution in [3.05, 3.63) is 48.0 Å². The molecule has 2 aromatic rings. The summed E-state index contributed by atoms with van der Waals surface area (Å²) in [5.74, 6) is 1.27. The molecule has 144 valence electrons. The quantitative estimate of drug-likeness (QED) is 0.842. The second-order valence-electron chi connectivity index (χ2n) is 6.63. The number of nitrogens with zero attached hydrogens (tertiary/aromatic N) is 1. The van der Waals surface area contributed by atoms with Gasteiger partial charge in [0.15, 0.2) is 0 Å². The van der Waals surface area contributed by atoms with Crippen LogP contribution in [-0.2, 0) is 4.74 Å². The molecule has 1 amide bonds. The van der Waals surface area contributed by atoms with Crippen LogP contribution in [0.4, 0.5) is 11.4 Å². The van der Waals surface area contributed by atoms with Crippen LogP contribution in [0.2, 0.25) is 0 Å². The number of amides is 1. The molecule has 0 saturated carbocycles. The predicted octanol–water partition coefficient (Wildman–Crippen LogP) is 3.57. The molecule has 0 atom stereocenters. The fourth-order valence-corrected chi connectivity index (χ4v) is 2.97. The van der Waals surface area contributed by atoms with Gasteiger partial charge in [0.2, 0.25) is 0 Å². The van der Waals surface area contributed by atoms with Crippen molar-refractivity contribution >= 4 is 17.3 Å². The van der Waals surface area contributed by atoms with Gasteiger partial charge in [0.1, 0.15) is 11.5 Å². The number of rotatable bonds is 6. The summed E-state index contributed by atoms with van der Waals surface area (Å²) in [6.07, 6.45) is 0.0949. The number of morpholine rings is 1. The Hall–Kier alpha value is -2.73. The molecular weight excluding hydrogens is 344 g/mol. The number of carbonyl (C=O) groups excluding carboxylic acids is 1. The van der Waals surface area contributed by atoms with Crippen LogP contribution in [-0.4, -0.2) is 45.4 Å². The minimum Gasteiger partial charge on any atom is -0.497 e. The van der Waals surface area contributed by atoms with Gasteiger partial charge >= 0.3 is 0 Å². The maximum Gasteiger partial charge on any atom is 0.255 e. The molecule has 3 rings (SSSR count). The lowest BCUT2D eigenvalue weighted by Crippen LogP contribution is -2.36. The Balaban J connectivity index is 1.79. The van der Waals surface area contributed by atoms with Gasteiger partial charge in [-0.2, -0.15) is 0 Å². The second-order valence-corrected chi connectivity index (χ2v) is 6.63. The Labute approximate surface area is 160 Å². The van der Waals surface area contributed by atoms with E-state index in [9.17, 15) is 4.79 Å². The Morgan fingerprint density at radius 1 is 1.07 bits per heavy atom. The molecule has 0 bridgehead atoms. The lowest BCUT2D eigenvalue weighted by atomic mass is 10.1. The SMILES string of the molecule is COc1ccc(N2CCOCC2)c(NC(=O)c2ccc(OC(C)C)cc2)c1. The molecule has 0 unspecified atom stereocenters. The van der Waals surface area contributed by atoms with Crippen molar-refractivity contribution in [2.24, 2.45) is 0 Å². The van der Waals surface area contributed by atoms with E-state index in [2.05, 4.69) is 10.2 Å². The van der Waals surface area contributed by atoms with Crippen LogP contribution in [0.5, 0.6) is 11.5 Å². The minimum atomic E-state index is -0.172. The number of hydrogen-bond donors (Lipinski definition) is 1. The van der Waals surface area contributed by atoms with Gasteiger partial charge in [0.25, 0.3) is 5.91 Å². The number of ether oxygens (including phenoxy) is 3. The van der Waals surface area contributed by atoms with Crippen molar-refractivity contribution in [2.45, 2.75) is 20.0 Å². The molecule has 27 heavy (non-hydrogen) atoms. The number of benzene rings is 2. The van der Waals surface area contributed by atoms with E-state index in [1.165, 1.54) is 0 Å². The monoisotopic (exact) mass is 370 g/mol. The topological polar surface area (TPSA) is 60.0 Å². The molecule has 0 aromatic heterocycles. The molecule has 1 N–H and O–H groups in total. The molecule has 1 aliphatic heterocycles. The van der Waals surface area contributed by atoms with E-state index in [0.29, 0.717) is 24.5 Å². The van der Waals surface area contributed by atoms with Gasteiger partial charge in [-0.05, 0) is 50.2 Å². The zero-order valence-electron chi connectivity index (χ0n) is 16.0. The van der Waals surface area contributed by atoms with Crippen LogP contribution in [0.3, 0.4) is 0 Å². The summed E-state index contributed by atoms with van der Waals surface area (Å²) < 4.78 is 16.4. The van der Waals surface area contributed by atoms with E-state index in [1.54, 1.807) is 19.2 Å². The highest BCUT2D eigenvalue weighted by molar-refractivity contribution is 6.06. The zero-order valence-corrected chi connectivity index (χ0v) is 16.0. The fraction of sp³-hybridized carbons (Fsp3) is 0.381. The van der Waals surface area contributed by atoms with Crippen LogP contribution < -0.4 is 19.7 Å². The summed E-state index contributed by atoms with van der Waals surface area (Å²) >= 11 is 0. The van der Waals surface area contributed by atoms with E-state index >= 15 is 0 Å². The van der Waals surface area contributed by atoms with Crippen molar-refractivity contribution in [1.29, 1.82) is 0 Å². The molecule has 2 aromatic carbocycles. The smallest absolute Gasteiger partial charge is 0.255 e. The minimum absolute atomic E-state index is 0.0949. The molecule has 0 spiro atoms. The molecule has 1 heterocycles. The lowest BCUT2D eigenvalue weighted by Gasteiger charge is -2.30. The van der Waals surface area contributed by atoms with Crippen molar-refractivity contribution in [1.82, 2.24) is 0 Å². The third kappa shape index (κ3) is 4.92. The van der Waals surface area contributed by atoms with Crippen LogP contribution in [0.15, 0.2) is 42.5 Å². The molecule has 0 radical (unpaired) electrons. The highest BCUT2D eigenvalue weighted by atomic mass is 16.5. The number of hydrogen-bond acceptors (Lipinski definition) is 5. The van der Waals surface area contributed by atoms with Crippen molar-refractivity contribution < 1.29 is 19.0 Å². The van der Waals surface area contributed by atoms with Crippen LogP contribution in [0.25, 0.3) is 0 Å². The van der Waals surface area contributed by atoms with Gasteiger partial charge in [-0.25, -0.2) is 0 Å². The first-order valence-corrected chi connectivity index (χ1v) is 9.15. The average Bonchev–Trinajstić information content (AvgIpc) is 2.68. The summed E-state index contributed by atoms with van der Waals surface area (Å²) in [5, 5.41) is 3.02. The zero-order chi connectivity index (χ0) is 19.2. The van der Waals surface area contributed by atoms with E-state index in [1.807, 2.05) is 44.2 Å². The Bertz CT molecular complexity index is 768. The second kappa shape index (κ2) is 8.77. The third-order valence-electron chi connectivity index (χ3n) is 4.29.